The Kier molecular flexibility index (Phi) is 5.46. The third kappa shape index (κ3) is 4.11. The van der Waals surface area contributed by atoms with E-state index in [-0.39, 0.29) is 0 Å². The maximum Gasteiger partial charge on any atom is 0.225 e. The molecule has 0 radical (unpaired) electrons. The number of hydrogen-bond donors (Lipinski definition) is 2. The van der Waals surface area contributed by atoms with E-state index >= 15 is 0 Å². The first-order chi connectivity index (χ1) is 13.7. The first-order valence-corrected chi connectivity index (χ1v) is 9.74. The van der Waals surface area contributed by atoms with Crippen molar-refractivity contribution < 1.29 is 9.47 Å². The summed E-state index contributed by atoms with van der Waals surface area (Å²) in [5.41, 5.74) is 1.97. The first kappa shape index (κ1) is 18.3. The lowest BCUT2D eigenvalue weighted by Gasteiger charge is -2.16. The number of aromatic nitrogens is 2. The first-order valence-electron chi connectivity index (χ1n) is 9.74. The largest absolute Gasteiger partial charge is 0.497 e. The summed E-state index contributed by atoms with van der Waals surface area (Å²) in [7, 11) is 3.30. The van der Waals surface area contributed by atoms with Gasteiger partial charge in [0.15, 0.2) is 0 Å². The zero-order chi connectivity index (χ0) is 19.3. The fourth-order valence-electron chi connectivity index (χ4n) is 3.68. The molecular formula is C22H26N4O2. The second-order valence-corrected chi connectivity index (χ2v) is 7.11. The van der Waals surface area contributed by atoms with Gasteiger partial charge < -0.3 is 20.1 Å². The van der Waals surface area contributed by atoms with Crippen LogP contribution in [0.4, 0.5) is 11.8 Å². The number of hydrogen-bond acceptors (Lipinski definition) is 6. The van der Waals surface area contributed by atoms with E-state index < -0.39 is 0 Å². The highest BCUT2D eigenvalue weighted by Crippen LogP contribution is 2.27. The van der Waals surface area contributed by atoms with Gasteiger partial charge in [-0.2, -0.15) is 4.98 Å². The highest BCUT2D eigenvalue weighted by molar-refractivity contribution is 5.90. The summed E-state index contributed by atoms with van der Waals surface area (Å²) in [6.07, 6.45) is 4.96. The van der Waals surface area contributed by atoms with Gasteiger partial charge in [0.05, 0.1) is 19.7 Å². The van der Waals surface area contributed by atoms with Gasteiger partial charge in [-0.1, -0.05) is 25.0 Å². The Morgan fingerprint density at radius 1 is 0.964 bits per heavy atom. The number of rotatable bonds is 7. The smallest absolute Gasteiger partial charge is 0.225 e. The Balaban J connectivity index is 1.58. The number of anilines is 2. The van der Waals surface area contributed by atoms with Crippen LogP contribution in [-0.4, -0.2) is 30.2 Å². The van der Waals surface area contributed by atoms with Gasteiger partial charge in [-0.3, -0.25) is 0 Å². The molecule has 1 heterocycles. The standard InChI is InChI=1S/C22H26N4O2/c1-27-17-11-15(12-18(13-17)28-2)14-23-22-25-20-10-6-5-9-19(20)21(26-22)24-16-7-3-4-8-16/h5-6,9-13,16H,3-4,7-8,14H2,1-2H3,(H2,23,24,25,26). The fraction of sp³-hybridized carbons (Fsp3) is 0.364. The van der Waals surface area contributed by atoms with Gasteiger partial charge >= 0.3 is 0 Å². The van der Waals surface area contributed by atoms with Crippen LogP contribution in [0.25, 0.3) is 10.9 Å². The van der Waals surface area contributed by atoms with Crippen LogP contribution in [0.5, 0.6) is 11.5 Å². The normalized spacial score (nSPS) is 14.2. The lowest BCUT2D eigenvalue weighted by Crippen LogP contribution is -2.17. The van der Waals surface area contributed by atoms with Gasteiger partial charge in [0.1, 0.15) is 17.3 Å². The van der Waals surface area contributed by atoms with Crippen molar-refractivity contribution in [2.24, 2.45) is 0 Å². The van der Waals surface area contributed by atoms with Crippen molar-refractivity contribution in [3.63, 3.8) is 0 Å². The predicted octanol–water partition coefficient (Wildman–Crippen LogP) is 4.61. The molecule has 6 heteroatoms. The van der Waals surface area contributed by atoms with E-state index in [9.17, 15) is 0 Å². The van der Waals surface area contributed by atoms with Gasteiger partial charge in [0.25, 0.3) is 0 Å². The topological polar surface area (TPSA) is 68.3 Å². The monoisotopic (exact) mass is 378 g/mol. The van der Waals surface area contributed by atoms with Crippen LogP contribution in [0, 0.1) is 0 Å². The van der Waals surface area contributed by atoms with Crippen molar-refractivity contribution in [2.75, 3.05) is 24.9 Å². The number of para-hydroxylation sites is 1. The van der Waals surface area contributed by atoms with Crippen molar-refractivity contribution in [2.45, 2.75) is 38.3 Å². The molecule has 1 aromatic heterocycles. The molecule has 0 atom stereocenters. The van der Waals surface area contributed by atoms with Gasteiger partial charge in [-0.25, -0.2) is 4.98 Å². The summed E-state index contributed by atoms with van der Waals surface area (Å²) in [6.45, 7) is 0.578. The summed E-state index contributed by atoms with van der Waals surface area (Å²) in [6, 6.07) is 14.4. The Hall–Kier alpha value is -3.02. The maximum atomic E-state index is 5.35. The predicted molar refractivity (Wildman–Crippen MR) is 112 cm³/mol. The second kappa shape index (κ2) is 8.33. The molecule has 28 heavy (non-hydrogen) atoms. The number of methoxy groups -OCH3 is 2. The molecule has 0 unspecified atom stereocenters. The van der Waals surface area contributed by atoms with Crippen LogP contribution in [0.2, 0.25) is 0 Å². The molecule has 0 aliphatic heterocycles. The number of benzene rings is 2. The summed E-state index contributed by atoms with van der Waals surface area (Å²) >= 11 is 0. The van der Waals surface area contributed by atoms with Crippen molar-refractivity contribution in [1.29, 1.82) is 0 Å². The molecule has 1 fully saturated rings. The Morgan fingerprint density at radius 2 is 1.68 bits per heavy atom. The molecule has 0 bridgehead atoms. The average molecular weight is 378 g/mol. The molecule has 2 aromatic carbocycles. The van der Waals surface area contributed by atoms with E-state index in [1.54, 1.807) is 14.2 Å². The SMILES string of the molecule is COc1cc(CNc2nc(NC3CCCC3)c3ccccc3n2)cc(OC)c1. The minimum atomic E-state index is 0.494. The quantitative estimate of drug-likeness (QED) is 0.626. The van der Waals surface area contributed by atoms with Crippen LogP contribution >= 0.6 is 0 Å². The van der Waals surface area contributed by atoms with Crippen LogP contribution in [0.1, 0.15) is 31.2 Å². The minimum Gasteiger partial charge on any atom is -0.497 e. The second-order valence-electron chi connectivity index (χ2n) is 7.11. The molecule has 0 saturated heterocycles. The summed E-state index contributed by atoms with van der Waals surface area (Å²) in [4.78, 5) is 9.45. The van der Waals surface area contributed by atoms with E-state index in [4.69, 9.17) is 14.5 Å². The Bertz CT molecular complexity index is 932. The summed E-state index contributed by atoms with van der Waals surface area (Å²) < 4.78 is 10.7. The highest BCUT2D eigenvalue weighted by atomic mass is 16.5. The van der Waals surface area contributed by atoms with Gasteiger partial charge in [0.2, 0.25) is 5.95 Å². The van der Waals surface area contributed by atoms with E-state index in [0.717, 1.165) is 33.8 Å². The Labute approximate surface area is 165 Å². The highest BCUT2D eigenvalue weighted by Gasteiger charge is 2.17. The molecule has 1 saturated carbocycles. The molecule has 1 aliphatic rings. The van der Waals surface area contributed by atoms with Crippen molar-refractivity contribution in [1.82, 2.24) is 9.97 Å². The van der Waals surface area contributed by atoms with Crippen molar-refractivity contribution in [3.8, 4) is 11.5 Å². The van der Waals surface area contributed by atoms with Gasteiger partial charge in [-0.05, 0) is 42.7 Å². The van der Waals surface area contributed by atoms with Gasteiger partial charge in [0, 0.05) is 24.0 Å². The Morgan fingerprint density at radius 3 is 2.39 bits per heavy atom. The fourth-order valence-corrected chi connectivity index (χ4v) is 3.68. The third-order valence-electron chi connectivity index (χ3n) is 5.16. The molecule has 0 amide bonds. The molecule has 146 valence electrons. The number of nitrogens with one attached hydrogen (secondary N) is 2. The minimum absolute atomic E-state index is 0.494. The van der Waals surface area contributed by atoms with E-state index in [1.165, 1.54) is 25.7 Å². The number of ether oxygens (including phenoxy) is 2. The molecule has 2 N–H and O–H groups in total. The number of fused-ring (bicyclic) bond motifs is 1. The maximum absolute atomic E-state index is 5.35. The molecular weight excluding hydrogens is 352 g/mol. The lowest BCUT2D eigenvalue weighted by atomic mass is 10.2. The average Bonchev–Trinajstić information content (AvgIpc) is 3.25. The summed E-state index contributed by atoms with van der Waals surface area (Å²) in [5.74, 6) is 3.04. The zero-order valence-corrected chi connectivity index (χ0v) is 16.4. The van der Waals surface area contributed by atoms with Crippen molar-refractivity contribution >= 4 is 22.7 Å². The number of nitrogens with zero attached hydrogens (tertiary/aromatic N) is 2. The van der Waals surface area contributed by atoms with E-state index in [2.05, 4.69) is 21.7 Å². The molecule has 0 spiro atoms. The van der Waals surface area contributed by atoms with Crippen LogP contribution in [0.3, 0.4) is 0 Å². The summed E-state index contributed by atoms with van der Waals surface area (Å²) in [5, 5.41) is 8.03. The van der Waals surface area contributed by atoms with E-state index in [0.29, 0.717) is 18.5 Å². The third-order valence-corrected chi connectivity index (χ3v) is 5.16. The van der Waals surface area contributed by atoms with Crippen LogP contribution in [0.15, 0.2) is 42.5 Å². The van der Waals surface area contributed by atoms with Gasteiger partial charge in [-0.15, -0.1) is 0 Å². The lowest BCUT2D eigenvalue weighted by molar-refractivity contribution is 0.393. The van der Waals surface area contributed by atoms with Crippen molar-refractivity contribution in [3.05, 3.63) is 48.0 Å². The molecule has 6 nitrogen and oxygen atoms in total. The van der Waals surface area contributed by atoms with Crippen LogP contribution < -0.4 is 20.1 Å². The molecule has 4 rings (SSSR count). The molecule has 3 aromatic rings. The van der Waals surface area contributed by atoms with Crippen LogP contribution in [-0.2, 0) is 6.54 Å². The van der Waals surface area contributed by atoms with E-state index in [1.807, 2.05) is 36.4 Å². The zero-order valence-electron chi connectivity index (χ0n) is 16.4. The molecule has 1 aliphatic carbocycles.